The van der Waals surface area contributed by atoms with Gasteiger partial charge in [0.15, 0.2) is 0 Å². The highest BCUT2D eigenvalue weighted by molar-refractivity contribution is 6.31. The van der Waals surface area contributed by atoms with Gasteiger partial charge in [0.1, 0.15) is 5.82 Å². The molecule has 2 aliphatic rings. The van der Waals surface area contributed by atoms with Gasteiger partial charge < -0.3 is 14.9 Å². The Balaban J connectivity index is 1.32. The molecule has 0 spiro atoms. The molecule has 0 bridgehead atoms. The van der Waals surface area contributed by atoms with Gasteiger partial charge in [-0.05, 0) is 42.5 Å². The molecule has 3 aromatic rings. The largest absolute Gasteiger partial charge is 0.451 e. The van der Waals surface area contributed by atoms with Crippen molar-refractivity contribution in [3.63, 3.8) is 0 Å². The zero-order valence-corrected chi connectivity index (χ0v) is 20.4. The van der Waals surface area contributed by atoms with Gasteiger partial charge in [0.05, 0.1) is 17.7 Å². The van der Waals surface area contributed by atoms with Crippen LogP contribution in [0.1, 0.15) is 16.2 Å². The zero-order valence-electron chi connectivity index (χ0n) is 18.9. The van der Waals surface area contributed by atoms with Crippen molar-refractivity contribution in [1.29, 1.82) is 0 Å². The van der Waals surface area contributed by atoms with Gasteiger partial charge in [0.25, 0.3) is 5.91 Å². The lowest BCUT2D eigenvalue weighted by Crippen LogP contribution is -2.54. The summed E-state index contributed by atoms with van der Waals surface area (Å²) in [6, 6.07) is 10.9. The number of nitrogens with zero attached hydrogens (tertiary/aromatic N) is 5. The van der Waals surface area contributed by atoms with Gasteiger partial charge in [-0.3, -0.25) is 9.69 Å². The molecule has 2 saturated heterocycles. The number of β-amino-alcohol motifs (C(OH)–C–C–N with tert-alkyl or cyclic N) is 1. The number of carbonyl (C=O) groups excluding carboxylic acids is 1. The topological polar surface area (TPSA) is 72.8 Å². The second-order valence-corrected chi connectivity index (χ2v) is 9.78. The van der Waals surface area contributed by atoms with E-state index in [4.69, 9.17) is 23.2 Å². The van der Waals surface area contributed by atoms with E-state index >= 15 is 0 Å². The second-order valence-electron chi connectivity index (χ2n) is 8.90. The first-order valence-electron chi connectivity index (χ1n) is 11.4. The molecule has 2 fully saturated rings. The maximum absolute atomic E-state index is 13.5. The average molecular weight is 540 g/mol. The number of benzene rings is 2. The number of aliphatic hydroxyl groups is 1. The minimum absolute atomic E-state index is 0.0899. The number of halogens is 5. The average Bonchev–Trinajstić information content (AvgIpc) is 3.24. The lowest BCUT2D eigenvalue weighted by Gasteiger charge is -2.38. The number of hydrogen-bond donors (Lipinski definition) is 1. The van der Waals surface area contributed by atoms with Gasteiger partial charge in [-0.25, -0.2) is 9.97 Å². The summed E-state index contributed by atoms with van der Waals surface area (Å²) in [6.07, 6.45) is -5.52. The van der Waals surface area contributed by atoms with E-state index in [9.17, 15) is 23.1 Å². The van der Waals surface area contributed by atoms with E-state index in [1.54, 1.807) is 46.2 Å². The highest BCUT2D eigenvalue weighted by atomic mass is 35.5. The molecule has 190 valence electrons. The fourth-order valence-electron chi connectivity index (χ4n) is 4.79. The minimum atomic E-state index is -4.73. The Bertz CT molecular complexity index is 1280. The highest BCUT2D eigenvalue weighted by Crippen LogP contribution is 2.34. The maximum Gasteiger partial charge on any atom is 0.451 e. The normalized spacial score (nSPS) is 21.4. The van der Waals surface area contributed by atoms with Crippen molar-refractivity contribution in [2.75, 3.05) is 44.2 Å². The number of aliphatic hydroxyl groups excluding tert-OH is 1. The molecule has 3 heterocycles. The van der Waals surface area contributed by atoms with Crippen molar-refractivity contribution >= 4 is 45.8 Å². The van der Waals surface area contributed by atoms with E-state index < -0.39 is 18.1 Å². The quantitative estimate of drug-likeness (QED) is 0.543. The third kappa shape index (κ3) is 4.95. The summed E-state index contributed by atoms with van der Waals surface area (Å²) in [6.45, 7) is 2.42. The zero-order chi connectivity index (χ0) is 25.6. The summed E-state index contributed by atoms with van der Waals surface area (Å²) in [7, 11) is 0. The van der Waals surface area contributed by atoms with Crippen molar-refractivity contribution in [3.8, 4) is 0 Å². The molecule has 5 rings (SSSR count). The molecule has 12 heteroatoms. The van der Waals surface area contributed by atoms with Crippen LogP contribution in [0.5, 0.6) is 0 Å². The number of aromatic nitrogens is 2. The Morgan fingerprint density at radius 3 is 2.28 bits per heavy atom. The van der Waals surface area contributed by atoms with Crippen molar-refractivity contribution < 1.29 is 23.1 Å². The molecule has 7 nitrogen and oxygen atoms in total. The molecule has 36 heavy (non-hydrogen) atoms. The predicted molar refractivity (Wildman–Crippen MR) is 130 cm³/mol. The summed E-state index contributed by atoms with van der Waals surface area (Å²) in [5.41, 5.74) is 0.642. The molecule has 1 amide bonds. The molecule has 1 aromatic heterocycles. The molecule has 2 aliphatic heterocycles. The van der Waals surface area contributed by atoms with Crippen LogP contribution in [0.25, 0.3) is 10.9 Å². The Kier molecular flexibility index (Phi) is 6.71. The first kappa shape index (κ1) is 25.0. The number of amides is 1. The van der Waals surface area contributed by atoms with Gasteiger partial charge in [0, 0.05) is 60.3 Å². The van der Waals surface area contributed by atoms with Crippen molar-refractivity contribution in [2.24, 2.45) is 0 Å². The highest BCUT2D eigenvalue weighted by Gasteiger charge is 2.40. The number of carbonyl (C=O) groups is 1. The van der Waals surface area contributed by atoms with Gasteiger partial charge in [-0.1, -0.05) is 23.2 Å². The van der Waals surface area contributed by atoms with E-state index in [-0.39, 0.29) is 34.9 Å². The fourth-order valence-corrected chi connectivity index (χ4v) is 5.08. The SMILES string of the molecule is O=C(c1ccc(Cl)cc1)N1CCN([C@H]2CN(c3nc(C(F)(F)F)nc4cc(Cl)ccc34)C[C@@H]2O)CC1. The molecule has 2 aromatic carbocycles. The van der Waals surface area contributed by atoms with Crippen molar-refractivity contribution in [2.45, 2.75) is 18.3 Å². The smallest absolute Gasteiger partial charge is 0.390 e. The van der Waals surface area contributed by atoms with E-state index in [0.29, 0.717) is 48.7 Å². The number of piperazine rings is 1. The van der Waals surface area contributed by atoms with Crippen molar-refractivity contribution in [1.82, 2.24) is 19.8 Å². The first-order chi connectivity index (χ1) is 17.1. The van der Waals surface area contributed by atoms with Crippen molar-refractivity contribution in [3.05, 3.63) is 63.9 Å². The molecule has 0 saturated carbocycles. The predicted octanol–water partition coefficient (Wildman–Crippen LogP) is 3.96. The molecule has 2 atom stereocenters. The standard InChI is InChI=1S/C24H22Cl2F3N5O2/c25-15-3-1-14(2-4-15)22(36)33-9-7-32(8-10-33)19-12-34(13-20(19)35)21-17-6-5-16(26)11-18(17)30-23(31-21)24(27,28)29/h1-6,11,19-20,35H,7-10,12-13H2/t19-,20-/m0/s1. The van der Waals surface area contributed by atoms with Gasteiger partial charge >= 0.3 is 6.18 Å². The second kappa shape index (κ2) is 9.66. The van der Waals surface area contributed by atoms with Gasteiger partial charge in [-0.2, -0.15) is 13.2 Å². The van der Waals surface area contributed by atoms with Crippen LogP contribution >= 0.6 is 23.2 Å². The van der Waals surface area contributed by atoms with Crippen LogP contribution in [0.4, 0.5) is 19.0 Å². The number of fused-ring (bicyclic) bond motifs is 1. The Hall–Kier alpha value is -2.66. The lowest BCUT2D eigenvalue weighted by molar-refractivity contribution is -0.144. The third-order valence-corrected chi connectivity index (χ3v) is 7.10. The first-order valence-corrected chi connectivity index (χ1v) is 12.1. The van der Waals surface area contributed by atoms with Crippen LogP contribution < -0.4 is 4.90 Å². The van der Waals surface area contributed by atoms with Crippen LogP contribution in [0.15, 0.2) is 42.5 Å². The number of rotatable bonds is 3. The van der Waals surface area contributed by atoms with Gasteiger partial charge in [0.2, 0.25) is 5.82 Å². The van der Waals surface area contributed by atoms with Crippen LogP contribution in [0.2, 0.25) is 10.0 Å². The van der Waals surface area contributed by atoms with Crippen LogP contribution in [-0.4, -0.2) is 82.2 Å². The Labute approximate surface area is 215 Å². The lowest BCUT2D eigenvalue weighted by atomic mass is 10.1. The van der Waals surface area contributed by atoms with E-state index in [2.05, 4.69) is 14.9 Å². The maximum atomic E-state index is 13.5. The third-order valence-electron chi connectivity index (χ3n) is 6.61. The molecule has 0 radical (unpaired) electrons. The Morgan fingerprint density at radius 2 is 1.61 bits per heavy atom. The summed E-state index contributed by atoms with van der Waals surface area (Å²) >= 11 is 11.9. The van der Waals surface area contributed by atoms with Gasteiger partial charge in [-0.15, -0.1) is 0 Å². The van der Waals surface area contributed by atoms with Crippen LogP contribution in [0.3, 0.4) is 0 Å². The summed E-state index contributed by atoms with van der Waals surface area (Å²) in [5.74, 6) is -1.23. The van der Waals surface area contributed by atoms with E-state index in [0.717, 1.165) is 0 Å². The molecule has 0 unspecified atom stereocenters. The fraction of sp³-hybridized carbons (Fsp3) is 0.375. The summed E-state index contributed by atoms with van der Waals surface area (Å²) < 4.78 is 40.5. The van der Waals surface area contributed by atoms with E-state index in [1.165, 1.54) is 6.07 Å². The molecule has 0 aliphatic carbocycles. The monoisotopic (exact) mass is 539 g/mol. The minimum Gasteiger partial charge on any atom is -0.390 e. The Morgan fingerprint density at radius 1 is 0.944 bits per heavy atom. The van der Waals surface area contributed by atoms with Crippen LogP contribution in [-0.2, 0) is 6.18 Å². The molecular formula is C24H22Cl2F3N5O2. The molecule has 1 N–H and O–H groups in total. The van der Waals surface area contributed by atoms with Crippen LogP contribution in [0, 0.1) is 0 Å². The molecular weight excluding hydrogens is 518 g/mol. The number of alkyl halides is 3. The summed E-state index contributed by atoms with van der Waals surface area (Å²) in [5, 5.41) is 12.1. The number of hydrogen-bond acceptors (Lipinski definition) is 6. The van der Waals surface area contributed by atoms with E-state index in [1.807, 2.05) is 0 Å². The summed E-state index contributed by atoms with van der Waals surface area (Å²) in [4.78, 5) is 25.8. The number of anilines is 1.